The van der Waals surface area contributed by atoms with Crippen LogP contribution in [0.4, 0.5) is 0 Å². The third-order valence-corrected chi connectivity index (χ3v) is 5.09. The Balaban J connectivity index is 3.09. The molecule has 0 fully saturated rings. The van der Waals surface area contributed by atoms with E-state index in [0.29, 0.717) is 12.8 Å². The second-order valence-electron chi connectivity index (χ2n) is 7.68. The number of aliphatic hydroxyl groups is 5. The highest BCUT2D eigenvalue weighted by molar-refractivity contribution is 4.65. The van der Waals surface area contributed by atoms with Gasteiger partial charge < -0.3 is 25.5 Å². The number of unbranched alkanes of at least 4 members (excludes halogenated alkanes) is 14. The first-order chi connectivity index (χ1) is 12.6. The van der Waals surface area contributed by atoms with Crippen LogP contribution in [0.1, 0.15) is 109 Å². The van der Waals surface area contributed by atoms with E-state index in [-0.39, 0.29) is 6.61 Å². The van der Waals surface area contributed by atoms with Crippen molar-refractivity contribution in [3.8, 4) is 0 Å². The van der Waals surface area contributed by atoms with Crippen molar-refractivity contribution in [1.29, 1.82) is 0 Å². The minimum Gasteiger partial charge on any atom is -0.394 e. The van der Waals surface area contributed by atoms with Gasteiger partial charge in [0.2, 0.25) is 0 Å². The lowest BCUT2D eigenvalue weighted by molar-refractivity contribution is -0.0466. The number of rotatable bonds is 20. The zero-order chi connectivity index (χ0) is 19.5. The molecule has 158 valence electrons. The van der Waals surface area contributed by atoms with Crippen molar-refractivity contribution in [3.05, 3.63) is 0 Å². The molecule has 2 unspecified atom stereocenters. The van der Waals surface area contributed by atoms with Crippen molar-refractivity contribution in [2.24, 2.45) is 0 Å². The van der Waals surface area contributed by atoms with E-state index < -0.39 is 18.5 Å². The van der Waals surface area contributed by atoms with E-state index in [9.17, 15) is 10.2 Å². The standard InChI is InChI=1S/C21H44O5/c22-18-20(24)19(23)16-14-12-10-8-6-4-2-1-3-5-7-9-11-13-15-17-21(25)26/h19-26H,1-18H2. The van der Waals surface area contributed by atoms with Gasteiger partial charge >= 0.3 is 0 Å². The molecule has 0 saturated carbocycles. The molecule has 0 rings (SSSR count). The first-order valence-electron chi connectivity index (χ1n) is 10.9. The maximum absolute atomic E-state index is 9.52. The fraction of sp³-hybridized carbons (Fsp3) is 1.00. The minimum atomic E-state index is -1.13. The monoisotopic (exact) mass is 376 g/mol. The Labute approximate surface area is 160 Å². The van der Waals surface area contributed by atoms with Gasteiger partial charge in [-0.05, 0) is 19.3 Å². The molecule has 5 N–H and O–H groups in total. The molecular formula is C21H44O5. The summed E-state index contributed by atoms with van der Waals surface area (Å²) < 4.78 is 0. The van der Waals surface area contributed by atoms with Crippen LogP contribution < -0.4 is 0 Å². The van der Waals surface area contributed by atoms with Crippen molar-refractivity contribution >= 4 is 0 Å². The van der Waals surface area contributed by atoms with Gasteiger partial charge in [-0.15, -0.1) is 0 Å². The lowest BCUT2D eigenvalue weighted by atomic mass is 10.0. The molecule has 0 aliphatic carbocycles. The van der Waals surface area contributed by atoms with Gasteiger partial charge in [0, 0.05) is 0 Å². The summed E-state index contributed by atoms with van der Waals surface area (Å²) in [6.45, 7) is -0.364. The first kappa shape index (κ1) is 25.8. The molecule has 0 radical (unpaired) electrons. The van der Waals surface area contributed by atoms with Crippen molar-refractivity contribution in [3.63, 3.8) is 0 Å². The Morgan fingerprint density at radius 3 is 1.00 bits per heavy atom. The number of hydrogen-bond donors (Lipinski definition) is 5. The highest BCUT2D eigenvalue weighted by Gasteiger charge is 2.13. The summed E-state index contributed by atoms with van der Waals surface area (Å²) in [7, 11) is 0. The molecule has 0 bridgehead atoms. The van der Waals surface area contributed by atoms with E-state index in [4.69, 9.17) is 15.3 Å². The van der Waals surface area contributed by atoms with Crippen LogP contribution in [0.5, 0.6) is 0 Å². The maximum atomic E-state index is 9.52. The largest absolute Gasteiger partial charge is 0.394 e. The van der Waals surface area contributed by atoms with E-state index in [1.54, 1.807) is 0 Å². The molecule has 0 spiro atoms. The van der Waals surface area contributed by atoms with Crippen LogP contribution in [0.25, 0.3) is 0 Å². The molecule has 0 aliphatic heterocycles. The topological polar surface area (TPSA) is 101 Å². The Hall–Kier alpha value is -0.200. The zero-order valence-electron chi connectivity index (χ0n) is 16.7. The number of aliphatic hydroxyl groups excluding tert-OH is 4. The van der Waals surface area contributed by atoms with Crippen molar-refractivity contribution in [1.82, 2.24) is 0 Å². The lowest BCUT2D eigenvalue weighted by Crippen LogP contribution is -2.28. The molecule has 0 heterocycles. The van der Waals surface area contributed by atoms with Crippen LogP contribution in [-0.4, -0.2) is 50.6 Å². The van der Waals surface area contributed by atoms with Gasteiger partial charge in [-0.2, -0.15) is 0 Å². The quantitative estimate of drug-likeness (QED) is 0.165. The fourth-order valence-corrected chi connectivity index (χ4v) is 3.29. The van der Waals surface area contributed by atoms with Gasteiger partial charge in [0.25, 0.3) is 0 Å². The van der Waals surface area contributed by atoms with Gasteiger partial charge in [0.15, 0.2) is 6.29 Å². The summed E-state index contributed by atoms with van der Waals surface area (Å²) >= 11 is 0. The molecule has 0 aromatic carbocycles. The van der Waals surface area contributed by atoms with Crippen LogP contribution in [-0.2, 0) is 0 Å². The molecule has 5 heteroatoms. The van der Waals surface area contributed by atoms with Gasteiger partial charge in [-0.3, -0.25) is 0 Å². The smallest absolute Gasteiger partial charge is 0.151 e. The first-order valence-corrected chi connectivity index (χ1v) is 10.9. The average molecular weight is 377 g/mol. The molecular weight excluding hydrogens is 332 g/mol. The molecule has 0 aromatic heterocycles. The Morgan fingerprint density at radius 2 is 0.692 bits per heavy atom. The number of hydrogen-bond acceptors (Lipinski definition) is 5. The van der Waals surface area contributed by atoms with E-state index in [1.165, 1.54) is 70.6 Å². The molecule has 0 aromatic rings. The summed E-state index contributed by atoms with van der Waals surface area (Å²) in [5.74, 6) is 0. The van der Waals surface area contributed by atoms with E-state index in [2.05, 4.69) is 0 Å². The van der Waals surface area contributed by atoms with Crippen molar-refractivity contribution in [2.75, 3.05) is 6.61 Å². The van der Waals surface area contributed by atoms with Gasteiger partial charge in [-0.25, -0.2) is 0 Å². The van der Waals surface area contributed by atoms with E-state index >= 15 is 0 Å². The van der Waals surface area contributed by atoms with Crippen LogP contribution in [0.3, 0.4) is 0 Å². The lowest BCUT2D eigenvalue weighted by Gasteiger charge is -2.14. The minimum absolute atomic E-state index is 0.364. The Morgan fingerprint density at radius 1 is 0.385 bits per heavy atom. The molecule has 26 heavy (non-hydrogen) atoms. The van der Waals surface area contributed by atoms with Crippen LogP contribution in [0, 0.1) is 0 Å². The fourth-order valence-electron chi connectivity index (χ4n) is 3.29. The predicted molar refractivity (Wildman–Crippen MR) is 106 cm³/mol. The van der Waals surface area contributed by atoms with Crippen molar-refractivity contribution < 1.29 is 25.5 Å². The normalized spacial score (nSPS) is 14.1. The molecule has 2 atom stereocenters. The summed E-state index contributed by atoms with van der Waals surface area (Å²) in [5, 5.41) is 45.0. The molecule has 0 amide bonds. The second kappa shape index (κ2) is 19.6. The second-order valence-corrected chi connectivity index (χ2v) is 7.68. The van der Waals surface area contributed by atoms with Crippen molar-refractivity contribution in [2.45, 2.75) is 128 Å². The van der Waals surface area contributed by atoms with Gasteiger partial charge in [-0.1, -0.05) is 89.9 Å². The predicted octanol–water partition coefficient (Wildman–Crippen LogP) is 3.64. The van der Waals surface area contributed by atoms with Crippen LogP contribution >= 0.6 is 0 Å². The third kappa shape index (κ3) is 18.6. The molecule has 0 aliphatic rings. The van der Waals surface area contributed by atoms with Crippen LogP contribution in [0.15, 0.2) is 0 Å². The highest BCUT2D eigenvalue weighted by atomic mass is 16.5. The SMILES string of the molecule is OCC(O)C(O)CCCCCCCCCCCCCCCCCC(O)O. The van der Waals surface area contributed by atoms with E-state index in [0.717, 1.165) is 25.7 Å². The van der Waals surface area contributed by atoms with Gasteiger partial charge in [0.1, 0.15) is 6.10 Å². The highest BCUT2D eigenvalue weighted by Crippen LogP contribution is 2.14. The summed E-state index contributed by atoms with van der Waals surface area (Å²) in [6, 6.07) is 0. The summed E-state index contributed by atoms with van der Waals surface area (Å²) in [6.07, 6.45) is 16.4. The summed E-state index contributed by atoms with van der Waals surface area (Å²) in [4.78, 5) is 0. The van der Waals surface area contributed by atoms with E-state index in [1.807, 2.05) is 0 Å². The average Bonchev–Trinajstić information content (AvgIpc) is 2.63. The van der Waals surface area contributed by atoms with Gasteiger partial charge in [0.05, 0.1) is 12.7 Å². The summed E-state index contributed by atoms with van der Waals surface area (Å²) in [5.41, 5.74) is 0. The maximum Gasteiger partial charge on any atom is 0.151 e. The molecule has 5 nitrogen and oxygen atoms in total. The Bertz CT molecular complexity index is 273. The Kier molecular flexibility index (Phi) is 19.4. The third-order valence-electron chi connectivity index (χ3n) is 5.09. The molecule has 0 saturated heterocycles. The van der Waals surface area contributed by atoms with Crippen LogP contribution in [0.2, 0.25) is 0 Å². The zero-order valence-corrected chi connectivity index (χ0v) is 16.7.